The summed E-state index contributed by atoms with van der Waals surface area (Å²) in [5.74, 6) is 1.61. The molecular formula is C40H44Br2S6Si. The number of thiophene rings is 6. The van der Waals surface area contributed by atoms with Crippen molar-refractivity contribution in [2.75, 3.05) is 0 Å². The fraction of sp³-hybridized carbons (Fsp3) is 0.400. The first-order valence-electron chi connectivity index (χ1n) is 17.9. The van der Waals surface area contributed by atoms with Crippen molar-refractivity contribution in [2.24, 2.45) is 11.8 Å². The smallest absolute Gasteiger partial charge is 0.122 e. The van der Waals surface area contributed by atoms with E-state index in [-0.39, 0.29) is 0 Å². The Bertz CT molecular complexity index is 1860. The van der Waals surface area contributed by atoms with E-state index in [0.29, 0.717) is 0 Å². The number of fused-ring (bicyclic) bond motifs is 3. The lowest BCUT2D eigenvalue weighted by Crippen LogP contribution is -2.56. The summed E-state index contributed by atoms with van der Waals surface area (Å²) in [7, 11) is -2.05. The van der Waals surface area contributed by atoms with Crippen LogP contribution in [0.3, 0.4) is 0 Å². The minimum atomic E-state index is -2.05. The van der Waals surface area contributed by atoms with Gasteiger partial charge in [0.2, 0.25) is 0 Å². The fourth-order valence-corrected chi connectivity index (χ4v) is 23.2. The standard InChI is InChI=1S/C40H44Br2S6Si/c1-5-9-11-25(7-3)23-49(24-26(8-4)12-10-6-2)35-21-33(31-15-13-27(43-31)29-17-19-37(41)45-29)47-39(35)40-36(49)22-34(48-40)32-16-14-28(44-32)30-18-20-38(42)46-30/h13-22,25-26H,5-12,23-24H2,1-4H3. The maximum atomic E-state index is 3.68. The monoisotopic (exact) mass is 902 g/mol. The topological polar surface area (TPSA) is 0 Å². The summed E-state index contributed by atoms with van der Waals surface area (Å²) < 4.78 is 2.40. The van der Waals surface area contributed by atoms with Crippen molar-refractivity contribution in [3.8, 4) is 48.8 Å². The zero-order valence-corrected chi connectivity index (χ0v) is 37.8. The van der Waals surface area contributed by atoms with Gasteiger partial charge in [0, 0.05) is 48.8 Å². The zero-order chi connectivity index (χ0) is 34.1. The Kier molecular flexibility index (Phi) is 12.1. The third-order valence-corrected chi connectivity index (χ3v) is 24.8. The van der Waals surface area contributed by atoms with Gasteiger partial charge in [-0.1, -0.05) is 79.1 Å². The van der Waals surface area contributed by atoms with Gasteiger partial charge in [0.15, 0.2) is 0 Å². The highest BCUT2D eigenvalue weighted by molar-refractivity contribution is 9.11. The van der Waals surface area contributed by atoms with Gasteiger partial charge in [0.05, 0.1) is 7.57 Å². The average Bonchev–Trinajstić information content (AvgIpc) is 3.94. The Morgan fingerprint density at radius 3 is 1.20 bits per heavy atom. The predicted octanol–water partition coefficient (Wildman–Crippen LogP) is 16.2. The Hall–Kier alpha value is -0.623. The van der Waals surface area contributed by atoms with Gasteiger partial charge in [-0.15, -0.1) is 68.0 Å². The van der Waals surface area contributed by atoms with Gasteiger partial charge in [-0.2, -0.15) is 0 Å². The van der Waals surface area contributed by atoms with Crippen LogP contribution in [0.5, 0.6) is 0 Å². The number of rotatable bonds is 16. The normalized spacial score (nSPS) is 14.7. The summed E-state index contributed by atoms with van der Waals surface area (Å²) in [6, 6.07) is 26.6. The second-order valence-corrected chi connectivity index (χ2v) is 26.8. The van der Waals surface area contributed by atoms with Crippen LogP contribution in [0.25, 0.3) is 48.8 Å². The highest BCUT2D eigenvalue weighted by Gasteiger charge is 2.50. The molecule has 6 aromatic heterocycles. The second-order valence-electron chi connectivity index (χ2n) is 13.6. The Labute approximate surface area is 335 Å². The number of unbranched alkanes of at least 4 members (excludes halogenated alkanes) is 2. The average molecular weight is 905 g/mol. The maximum absolute atomic E-state index is 3.68. The lowest BCUT2D eigenvalue weighted by Gasteiger charge is -2.35. The molecule has 0 N–H and O–H groups in total. The van der Waals surface area contributed by atoms with Gasteiger partial charge in [-0.05, 0) is 127 Å². The van der Waals surface area contributed by atoms with Gasteiger partial charge in [-0.25, -0.2) is 0 Å². The van der Waals surface area contributed by atoms with Crippen molar-refractivity contribution in [3.63, 3.8) is 0 Å². The van der Waals surface area contributed by atoms with Crippen LogP contribution in [0, 0.1) is 11.8 Å². The van der Waals surface area contributed by atoms with E-state index < -0.39 is 8.07 Å². The van der Waals surface area contributed by atoms with Crippen LogP contribution in [-0.4, -0.2) is 8.07 Å². The first kappa shape index (κ1) is 36.7. The van der Waals surface area contributed by atoms with Crippen molar-refractivity contribution >= 4 is 118 Å². The molecule has 7 heterocycles. The highest BCUT2D eigenvalue weighted by atomic mass is 79.9. The quantitative estimate of drug-likeness (QED) is 0.0849. The predicted molar refractivity (Wildman–Crippen MR) is 238 cm³/mol. The fourth-order valence-electron chi connectivity index (χ4n) is 7.71. The Morgan fingerprint density at radius 2 is 0.857 bits per heavy atom. The minimum absolute atomic E-state index is 0.803. The summed E-state index contributed by atoms with van der Waals surface area (Å²) in [5.41, 5.74) is 0. The van der Waals surface area contributed by atoms with Crippen molar-refractivity contribution in [3.05, 3.63) is 68.2 Å². The molecule has 6 aromatic rings. The maximum Gasteiger partial charge on any atom is 0.122 e. The minimum Gasteiger partial charge on any atom is -0.134 e. The molecule has 0 nitrogen and oxygen atoms in total. The molecule has 0 amide bonds. The van der Waals surface area contributed by atoms with Gasteiger partial charge in [-0.3, -0.25) is 0 Å². The molecule has 0 aliphatic carbocycles. The molecule has 0 aromatic carbocycles. The van der Waals surface area contributed by atoms with Crippen LogP contribution in [0.4, 0.5) is 0 Å². The van der Waals surface area contributed by atoms with Gasteiger partial charge >= 0.3 is 0 Å². The second kappa shape index (κ2) is 16.2. The molecule has 9 heteroatoms. The third kappa shape index (κ3) is 7.59. The molecule has 1 aliphatic heterocycles. The van der Waals surface area contributed by atoms with Crippen LogP contribution in [0.1, 0.15) is 79.1 Å². The van der Waals surface area contributed by atoms with E-state index in [2.05, 4.69) is 143 Å². The molecule has 0 saturated heterocycles. The molecule has 2 atom stereocenters. The number of hydrogen-bond donors (Lipinski definition) is 0. The van der Waals surface area contributed by atoms with Crippen LogP contribution < -0.4 is 10.4 Å². The SMILES string of the molecule is CCCCC(CC)C[Si]1(CC(CC)CCCC)c2cc(-c3ccc(-c4ccc(Br)s4)s3)sc2-c2sc(-c3ccc(-c4ccc(Br)s4)s3)cc21. The summed E-state index contributed by atoms with van der Waals surface area (Å²) in [5, 5.41) is 3.57. The van der Waals surface area contributed by atoms with Crippen LogP contribution >= 0.6 is 99.9 Å². The zero-order valence-electron chi connectivity index (χ0n) is 28.7. The first-order chi connectivity index (χ1) is 23.8. The van der Waals surface area contributed by atoms with Crippen molar-refractivity contribution < 1.29 is 0 Å². The lowest BCUT2D eigenvalue weighted by atomic mass is 10.0. The van der Waals surface area contributed by atoms with Crippen molar-refractivity contribution in [2.45, 2.75) is 91.1 Å². The van der Waals surface area contributed by atoms with Gasteiger partial charge in [0.25, 0.3) is 0 Å². The Balaban J connectivity index is 1.36. The van der Waals surface area contributed by atoms with E-state index in [1.807, 2.05) is 45.3 Å². The molecule has 0 radical (unpaired) electrons. The van der Waals surface area contributed by atoms with Crippen LogP contribution in [-0.2, 0) is 0 Å². The van der Waals surface area contributed by atoms with E-state index >= 15 is 0 Å². The summed E-state index contributed by atoms with van der Waals surface area (Å²) >= 11 is 19.2. The van der Waals surface area contributed by atoms with E-state index in [0.717, 1.165) is 11.8 Å². The number of hydrogen-bond acceptors (Lipinski definition) is 6. The number of halogens is 2. The van der Waals surface area contributed by atoms with E-state index in [1.54, 1.807) is 20.1 Å². The van der Waals surface area contributed by atoms with Gasteiger partial charge in [0.1, 0.15) is 8.07 Å². The molecule has 0 bridgehead atoms. The molecule has 7 rings (SSSR count). The van der Waals surface area contributed by atoms with Crippen molar-refractivity contribution in [1.82, 2.24) is 0 Å². The van der Waals surface area contributed by atoms with Crippen LogP contribution in [0.2, 0.25) is 12.1 Å². The summed E-state index contributed by atoms with van der Waals surface area (Å²) in [4.78, 5) is 14.5. The van der Waals surface area contributed by atoms with Crippen molar-refractivity contribution in [1.29, 1.82) is 0 Å². The molecule has 0 spiro atoms. The molecule has 0 saturated carbocycles. The lowest BCUT2D eigenvalue weighted by molar-refractivity contribution is 0.469. The highest BCUT2D eigenvalue weighted by Crippen LogP contribution is 2.51. The molecule has 0 fully saturated rings. The molecule has 49 heavy (non-hydrogen) atoms. The van der Waals surface area contributed by atoms with E-state index in [9.17, 15) is 0 Å². The van der Waals surface area contributed by atoms with E-state index in [1.165, 1.54) is 110 Å². The third-order valence-electron chi connectivity index (χ3n) is 10.4. The molecule has 2 unspecified atom stereocenters. The largest absolute Gasteiger partial charge is 0.134 e. The summed E-state index contributed by atoms with van der Waals surface area (Å²) in [6.07, 6.45) is 10.7. The van der Waals surface area contributed by atoms with Gasteiger partial charge < -0.3 is 0 Å². The Morgan fingerprint density at radius 1 is 0.490 bits per heavy atom. The van der Waals surface area contributed by atoms with Crippen LogP contribution in [0.15, 0.2) is 68.2 Å². The molecule has 1 aliphatic rings. The molecule has 258 valence electrons. The van der Waals surface area contributed by atoms with E-state index in [4.69, 9.17) is 0 Å². The first-order valence-corrected chi connectivity index (χ1v) is 26.8. The summed E-state index contributed by atoms with van der Waals surface area (Å²) in [6.45, 7) is 9.68. The molecular weight excluding hydrogens is 861 g/mol.